The molecule has 0 radical (unpaired) electrons. The van der Waals surface area contributed by atoms with Crippen molar-refractivity contribution in [2.24, 2.45) is 5.92 Å². The largest absolute Gasteiger partial charge is 0.375 e. The number of hydrogen-bond acceptors (Lipinski definition) is 3. The SMILES string of the molecule is CC(C)(C)OCC(COC(C)(C)C)COC(C)(C)C. The van der Waals surface area contributed by atoms with Crippen molar-refractivity contribution in [3.8, 4) is 0 Å². The first-order chi connectivity index (χ1) is 8.29. The molecule has 0 aromatic heterocycles. The lowest BCUT2D eigenvalue weighted by Gasteiger charge is -2.29. The Balaban J connectivity index is 4.30. The number of ether oxygens (including phenoxy) is 3. The van der Waals surface area contributed by atoms with Crippen LogP contribution in [0.4, 0.5) is 0 Å². The lowest BCUT2D eigenvalue weighted by molar-refractivity contribution is -0.103. The van der Waals surface area contributed by atoms with Crippen molar-refractivity contribution >= 4 is 0 Å². The zero-order valence-electron chi connectivity index (χ0n) is 14.4. The standard InChI is InChI=1S/C16H34O3/c1-14(2,3)17-10-13(11-18-15(4,5)6)12-19-16(7,8)9/h13H,10-12H2,1-9H3. The van der Waals surface area contributed by atoms with Crippen LogP contribution >= 0.6 is 0 Å². The number of hydrogen-bond donors (Lipinski definition) is 0. The predicted octanol–water partition coefficient (Wildman–Crippen LogP) is 4.05. The lowest BCUT2D eigenvalue weighted by atomic mass is 10.1. The van der Waals surface area contributed by atoms with Crippen molar-refractivity contribution in [2.45, 2.75) is 79.1 Å². The molecule has 19 heavy (non-hydrogen) atoms. The average Bonchev–Trinajstić information content (AvgIpc) is 2.11. The Morgan fingerprint density at radius 1 is 0.526 bits per heavy atom. The van der Waals surface area contributed by atoms with Crippen LogP contribution in [-0.4, -0.2) is 36.6 Å². The van der Waals surface area contributed by atoms with Crippen molar-refractivity contribution in [3.63, 3.8) is 0 Å². The van der Waals surface area contributed by atoms with E-state index < -0.39 is 0 Å². The van der Waals surface area contributed by atoms with E-state index in [1.807, 2.05) is 0 Å². The third-order valence-electron chi connectivity index (χ3n) is 2.26. The Hall–Kier alpha value is -0.120. The van der Waals surface area contributed by atoms with Gasteiger partial charge in [-0.15, -0.1) is 0 Å². The molecule has 0 aliphatic carbocycles. The summed E-state index contributed by atoms with van der Waals surface area (Å²) in [6, 6.07) is 0. The monoisotopic (exact) mass is 274 g/mol. The average molecular weight is 274 g/mol. The van der Waals surface area contributed by atoms with Gasteiger partial charge in [0.25, 0.3) is 0 Å². The van der Waals surface area contributed by atoms with E-state index in [1.165, 1.54) is 0 Å². The van der Waals surface area contributed by atoms with Gasteiger partial charge in [-0.25, -0.2) is 0 Å². The minimum atomic E-state index is -0.123. The molecule has 116 valence electrons. The van der Waals surface area contributed by atoms with Gasteiger partial charge < -0.3 is 14.2 Å². The molecule has 0 spiro atoms. The molecule has 3 nitrogen and oxygen atoms in total. The van der Waals surface area contributed by atoms with Gasteiger partial charge >= 0.3 is 0 Å². The molecule has 0 saturated carbocycles. The van der Waals surface area contributed by atoms with Crippen LogP contribution in [0, 0.1) is 5.92 Å². The first-order valence-corrected chi connectivity index (χ1v) is 7.20. The normalized spacial score (nSPS) is 14.2. The summed E-state index contributed by atoms with van der Waals surface area (Å²) in [7, 11) is 0. The van der Waals surface area contributed by atoms with E-state index >= 15 is 0 Å². The Bertz CT molecular complexity index is 197. The first-order valence-electron chi connectivity index (χ1n) is 7.20. The van der Waals surface area contributed by atoms with Crippen LogP contribution < -0.4 is 0 Å². The van der Waals surface area contributed by atoms with Crippen molar-refractivity contribution in [1.82, 2.24) is 0 Å². The molecule has 0 aromatic rings. The third kappa shape index (κ3) is 14.1. The van der Waals surface area contributed by atoms with Gasteiger partial charge in [-0.05, 0) is 62.3 Å². The molecule has 0 aromatic carbocycles. The van der Waals surface area contributed by atoms with Gasteiger partial charge in [-0.2, -0.15) is 0 Å². The third-order valence-corrected chi connectivity index (χ3v) is 2.26. The van der Waals surface area contributed by atoms with Crippen molar-refractivity contribution < 1.29 is 14.2 Å². The van der Waals surface area contributed by atoms with Crippen molar-refractivity contribution in [3.05, 3.63) is 0 Å². The summed E-state index contributed by atoms with van der Waals surface area (Å²) in [6.07, 6.45) is 0. The smallest absolute Gasteiger partial charge is 0.0598 e. The molecular formula is C16H34O3. The second-order valence-electron chi connectivity index (χ2n) is 8.14. The molecule has 3 heteroatoms. The molecule has 0 amide bonds. The van der Waals surface area contributed by atoms with Gasteiger partial charge in [0.15, 0.2) is 0 Å². The van der Waals surface area contributed by atoms with Gasteiger partial charge in [0, 0.05) is 5.92 Å². The minimum absolute atomic E-state index is 0.123. The van der Waals surface area contributed by atoms with Gasteiger partial charge in [0.05, 0.1) is 36.6 Å². The lowest BCUT2D eigenvalue weighted by Crippen LogP contribution is -2.33. The Labute approximate surface area is 120 Å². The van der Waals surface area contributed by atoms with Gasteiger partial charge in [0.2, 0.25) is 0 Å². The van der Waals surface area contributed by atoms with Crippen LogP contribution in [0.25, 0.3) is 0 Å². The van der Waals surface area contributed by atoms with E-state index in [-0.39, 0.29) is 22.7 Å². The molecule has 0 N–H and O–H groups in total. The van der Waals surface area contributed by atoms with E-state index in [9.17, 15) is 0 Å². The predicted molar refractivity (Wildman–Crippen MR) is 80.6 cm³/mol. The van der Waals surface area contributed by atoms with Crippen LogP contribution in [-0.2, 0) is 14.2 Å². The van der Waals surface area contributed by atoms with Gasteiger partial charge in [-0.3, -0.25) is 0 Å². The molecule has 0 atom stereocenters. The van der Waals surface area contributed by atoms with Crippen LogP contribution in [0.3, 0.4) is 0 Å². The molecule has 0 rings (SSSR count). The Kier molecular flexibility index (Phi) is 7.01. The maximum Gasteiger partial charge on any atom is 0.0598 e. The van der Waals surface area contributed by atoms with Crippen LogP contribution in [0.1, 0.15) is 62.3 Å². The Morgan fingerprint density at radius 2 is 0.737 bits per heavy atom. The number of rotatable bonds is 6. The fourth-order valence-electron chi connectivity index (χ4n) is 1.25. The summed E-state index contributed by atoms with van der Waals surface area (Å²) in [5.74, 6) is 0.262. The van der Waals surface area contributed by atoms with Crippen LogP contribution in [0.2, 0.25) is 0 Å². The van der Waals surface area contributed by atoms with Crippen molar-refractivity contribution in [1.29, 1.82) is 0 Å². The highest BCUT2D eigenvalue weighted by atomic mass is 16.5. The molecular weight excluding hydrogens is 240 g/mol. The van der Waals surface area contributed by atoms with Gasteiger partial charge in [0.1, 0.15) is 0 Å². The van der Waals surface area contributed by atoms with E-state index in [4.69, 9.17) is 14.2 Å². The molecule has 0 aliphatic heterocycles. The zero-order chi connectivity index (χ0) is 15.3. The fraction of sp³-hybridized carbons (Fsp3) is 1.00. The molecule has 0 aliphatic rings. The topological polar surface area (TPSA) is 27.7 Å². The Morgan fingerprint density at radius 3 is 0.895 bits per heavy atom. The minimum Gasteiger partial charge on any atom is -0.375 e. The second kappa shape index (κ2) is 7.05. The van der Waals surface area contributed by atoms with Crippen molar-refractivity contribution in [2.75, 3.05) is 19.8 Å². The highest BCUT2D eigenvalue weighted by Crippen LogP contribution is 2.16. The maximum atomic E-state index is 5.86. The summed E-state index contributed by atoms with van der Waals surface area (Å²) in [5.41, 5.74) is -0.370. The van der Waals surface area contributed by atoms with E-state index in [1.54, 1.807) is 0 Å². The summed E-state index contributed by atoms with van der Waals surface area (Å²) in [6.45, 7) is 20.6. The molecule has 0 unspecified atom stereocenters. The first kappa shape index (κ1) is 18.9. The van der Waals surface area contributed by atoms with E-state index in [0.717, 1.165) is 0 Å². The zero-order valence-corrected chi connectivity index (χ0v) is 14.4. The van der Waals surface area contributed by atoms with Gasteiger partial charge in [-0.1, -0.05) is 0 Å². The summed E-state index contributed by atoms with van der Waals surface area (Å²) < 4.78 is 17.6. The van der Waals surface area contributed by atoms with Crippen LogP contribution in [0.5, 0.6) is 0 Å². The molecule has 0 fully saturated rings. The summed E-state index contributed by atoms with van der Waals surface area (Å²) >= 11 is 0. The summed E-state index contributed by atoms with van der Waals surface area (Å²) in [4.78, 5) is 0. The van der Waals surface area contributed by atoms with Crippen LogP contribution in [0.15, 0.2) is 0 Å². The highest BCUT2D eigenvalue weighted by molar-refractivity contribution is 4.68. The quantitative estimate of drug-likeness (QED) is 0.731. The fourth-order valence-corrected chi connectivity index (χ4v) is 1.25. The molecule has 0 bridgehead atoms. The maximum absolute atomic E-state index is 5.86. The molecule has 0 saturated heterocycles. The highest BCUT2D eigenvalue weighted by Gasteiger charge is 2.21. The second-order valence-corrected chi connectivity index (χ2v) is 8.14. The molecule has 0 heterocycles. The summed E-state index contributed by atoms with van der Waals surface area (Å²) in [5, 5.41) is 0. The van der Waals surface area contributed by atoms with E-state index in [0.29, 0.717) is 19.8 Å². The van der Waals surface area contributed by atoms with E-state index in [2.05, 4.69) is 62.3 Å².